The van der Waals surface area contributed by atoms with E-state index in [0.717, 1.165) is 5.69 Å². The van der Waals surface area contributed by atoms with Crippen LogP contribution in [0.2, 0.25) is 0 Å². The Labute approximate surface area is 175 Å². The van der Waals surface area contributed by atoms with Crippen molar-refractivity contribution in [3.8, 4) is 11.3 Å². The van der Waals surface area contributed by atoms with Crippen LogP contribution in [0.5, 0.6) is 0 Å². The van der Waals surface area contributed by atoms with Gasteiger partial charge in [-0.05, 0) is 48.3 Å². The van der Waals surface area contributed by atoms with Crippen LogP contribution in [0.15, 0.2) is 60.8 Å². The van der Waals surface area contributed by atoms with Crippen LogP contribution in [0, 0.1) is 0 Å². The highest BCUT2D eigenvalue weighted by molar-refractivity contribution is 5.61. The second-order valence-corrected chi connectivity index (χ2v) is 8.92. The van der Waals surface area contributed by atoms with Gasteiger partial charge in [0.1, 0.15) is 0 Å². The van der Waals surface area contributed by atoms with Crippen LogP contribution in [0.3, 0.4) is 0 Å². The van der Waals surface area contributed by atoms with Gasteiger partial charge in [-0.1, -0.05) is 76.2 Å². The van der Waals surface area contributed by atoms with Crippen molar-refractivity contribution < 1.29 is 0 Å². The Bertz CT molecular complexity index is 913. The molecular formula is C26H33N3. The SMILES string of the molecule is CC(C)c1cccc(C(C)C)c1N[C@H]1CCC[C@@H]1n1ccc(-c2ccccc2)n1. The van der Waals surface area contributed by atoms with E-state index in [1.807, 2.05) is 0 Å². The van der Waals surface area contributed by atoms with Gasteiger partial charge in [-0.25, -0.2) is 0 Å². The molecule has 1 heterocycles. The fraction of sp³-hybridized carbons (Fsp3) is 0.423. The summed E-state index contributed by atoms with van der Waals surface area (Å²) in [5, 5.41) is 8.92. The number of hydrogen-bond donors (Lipinski definition) is 1. The van der Waals surface area contributed by atoms with Gasteiger partial charge in [0.05, 0.1) is 11.7 Å². The second-order valence-electron chi connectivity index (χ2n) is 8.92. The van der Waals surface area contributed by atoms with Gasteiger partial charge >= 0.3 is 0 Å². The molecule has 0 aliphatic heterocycles. The fourth-order valence-corrected chi connectivity index (χ4v) is 4.61. The zero-order valence-electron chi connectivity index (χ0n) is 18.1. The van der Waals surface area contributed by atoms with Gasteiger partial charge in [0.25, 0.3) is 0 Å². The standard InChI is InChI=1S/C26H33N3/c1-18(2)21-12-8-13-22(19(3)4)26(21)27-24-14-9-15-25(24)29-17-16-23(28-29)20-10-6-5-7-11-20/h5-8,10-13,16-19,24-25,27H,9,14-15H2,1-4H3/t24-,25-/m0/s1. The summed E-state index contributed by atoms with van der Waals surface area (Å²) in [6.07, 6.45) is 5.76. The summed E-state index contributed by atoms with van der Waals surface area (Å²) in [7, 11) is 0. The molecule has 3 aromatic rings. The van der Waals surface area contributed by atoms with Gasteiger partial charge in [0.15, 0.2) is 0 Å². The van der Waals surface area contributed by atoms with E-state index in [9.17, 15) is 0 Å². The summed E-state index contributed by atoms with van der Waals surface area (Å²) in [6, 6.07) is 20.2. The number of nitrogens with zero attached hydrogens (tertiary/aromatic N) is 2. The van der Waals surface area contributed by atoms with Gasteiger partial charge in [-0.2, -0.15) is 5.10 Å². The van der Waals surface area contributed by atoms with Crippen LogP contribution < -0.4 is 5.32 Å². The Hall–Kier alpha value is -2.55. The zero-order chi connectivity index (χ0) is 20.4. The Morgan fingerprint density at radius 2 is 1.55 bits per heavy atom. The zero-order valence-corrected chi connectivity index (χ0v) is 18.1. The van der Waals surface area contributed by atoms with Crippen LogP contribution in [-0.4, -0.2) is 15.8 Å². The first-order chi connectivity index (χ1) is 14.0. The molecule has 1 aromatic heterocycles. The first-order valence-electron chi connectivity index (χ1n) is 11.0. The first kappa shape index (κ1) is 19.8. The van der Waals surface area contributed by atoms with E-state index < -0.39 is 0 Å². The van der Waals surface area contributed by atoms with Gasteiger partial charge in [0.2, 0.25) is 0 Å². The largest absolute Gasteiger partial charge is 0.380 e. The fourth-order valence-electron chi connectivity index (χ4n) is 4.61. The Morgan fingerprint density at radius 3 is 2.21 bits per heavy atom. The molecule has 0 bridgehead atoms. The molecule has 0 amide bonds. The molecular weight excluding hydrogens is 354 g/mol. The number of aromatic nitrogens is 2. The topological polar surface area (TPSA) is 29.9 Å². The van der Waals surface area contributed by atoms with Gasteiger partial charge in [-0.15, -0.1) is 0 Å². The third-order valence-corrected chi connectivity index (χ3v) is 6.20. The van der Waals surface area contributed by atoms with E-state index in [0.29, 0.717) is 23.9 Å². The molecule has 29 heavy (non-hydrogen) atoms. The predicted octanol–water partition coefficient (Wildman–Crippen LogP) is 7.00. The quantitative estimate of drug-likeness (QED) is 0.493. The normalized spacial score (nSPS) is 19.2. The van der Waals surface area contributed by atoms with Crippen LogP contribution in [0.1, 0.15) is 76.0 Å². The maximum Gasteiger partial charge on any atom is 0.0923 e. The average molecular weight is 388 g/mol. The van der Waals surface area contributed by atoms with Crippen LogP contribution in [0.4, 0.5) is 5.69 Å². The van der Waals surface area contributed by atoms with Crippen LogP contribution in [-0.2, 0) is 0 Å². The molecule has 0 spiro atoms. The molecule has 1 aliphatic rings. The maximum absolute atomic E-state index is 4.95. The Morgan fingerprint density at radius 1 is 0.862 bits per heavy atom. The molecule has 1 fully saturated rings. The summed E-state index contributed by atoms with van der Waals surface area (Å²) < 4.78 is 2.19. The molecule has 1 aliphatic carbocycles. The Balaban J connectivity index is 1.62. The molecule has 2 aromatic carbocycles. The van der Waals surface area contributed by atoms with Gasteiger partial charge in [0, 0.05) is 23.5 Å². The molecule has 1 N–H and O–H groups in total. The van der Waals surface area contributed by atoms with Crippen LogP contribution in [0.25, 0.3) is 11.3 Å². The monoisotopic (exact) mass is 387 g/mol. The predicted molar refractivity (Wildman–Crippen MR) is 123 cm³/mol. The van der Waals surface area contributed by atoms with E-state index in [-0.39, 0.29) is 0 Å². The molecule has 4 rings (SSSR count). The molecule has 0 saturated heterocycles. The minimum absolute atomic E-state index is 0.396. The minimum Gasteiger partial charge on any atom is -0.380 e. The number of rotatable bonds is 6. The van der Waals surface area contributed by atoms with Crippen molar-refractivity contribution in [2.75, 3.05) is 5.32 Å². The lowest BCUT2D eigenvalue weighted by atomic mass is 9.92. The highest BCUT2D eigenvalue weighted by atomic mass is 15.3. The molecule has 152 valence electrons. The van der Waals surface area contributed by atoms with Crippen molar-refractivity contribution in [1.29, 1.82) is 0 Å². The summed E-state index contributed by atoms with van der Waals surface area (Å²) in [6.45, 7) is 9.15. The van der Waals surface area contributed by atoms with E-state index in [4.69, 9.17) is 5.10 Å². The number of anilines is 1. The summed E-state index contributed by atoms with van der Waals surface area (Å²) in [5.74, 6) is 1.01. The molecule has 3 nitrogen and oxygen atoms in total. The third-order valence-electron chi connectivity index (χ3n) is 6.20. The lowest BCUT2D eigenvalue weighted by molar-refractivity contribution is 0.438. The van der Waals surface area contributed by atoms with E-state index in [2.05, 4.69) is 98.5 Å². The van der Waals surface area contributed by atoms with E-state index in [1.165, 1.54) is 41.6 Å². The van der Waals surface area contributed by atoms with Crippen molar-refractivity contribution >= 4 is 5.69 Å². The van der Waals surface area contributed by atoms with Crippen molar-refractivity contribution in [2.24, 2.45) is 0 Å². The molecule has 0 radical (unpaired) electrons. The summed E-state index contributed by atoms with van der Waals surface area (Å²) in [5.41, 5.74) is 6.44. The molecule has 1 saturated carbocycles. The number of hydrogen-bond acceptors (Lipinski definition) is 2. The average Bonchev–Trinajstić information content (AvgIpc) is 3.37. The smallest absolute Gasteiger partial charge is 0.0923 e. The first-order valence-corrected chi connectivity index (χ1v) is 11.0. The van der Waals surface area contributed by atoms with Gasteiger partial charge in [-0.3, -0.25) is 4.68 Å². The number of para-hydroxylation sites is 1. The van der Waals surface area contributed by atoms with Crippen molar-refractivity contribution in [3.63, 3.8) is 0 Å². The number of benzene rings is 2. The highest BCUT2D eigenvalue weighted by Crippen LogP contribution is 2.38. The van der Waals surface area contributed by atoms with Crippen molar-refractivity contribution in [3.05, 3.63) is 71.9 Å². The molecule has 0 unspecified atom stereocenters. The summed E-state index contributed by atoms with van der Waals surface area (Å²) in [4.78, 5) is 0. The van der Waals surface area contributed by atoms with Crippen molar-refractivity contribution in [2.45, 2.75) is 70.9 Å². The van der Waals surface area contributed by atoms with Gasteiger partial charge < -0.3 is 5.32 Å². The Kier molecular flexibility index (Phi) is 5.75. The van der Waals surface area contributed by atoms with E-state index >= 15 is 0 Å². The third kappa shape index (κ3) is 4.10. The highest BCUT2D eigenvalue weighted by Gasteiger charge is 2.31. The van der Waals surface area contributed by atoms with E-state index in [1.54, 1.807) is 0 Å². The van der Waals surface area contributed by atoms with Crippen LogP contribution >= 0.6 is 0 Å². The molecule has 3 heteroatoms. The number of nitrogens with one attached hydrogen (secondary N) is 1. The lowest BCUT2D eigenvalue weighted by Gasteiger charge is -2.27. The lowest BCUT2D eigenvalue weighted by Crippen LogP contribution is -2.28. The van der Waals surface area contributed by atoms with Crippen molar-refractivity contribution in [1.82, 2.24) is 9.78 Å². The minimum atomic E-state index is 0.396. The second kappa shape index (κ2) is 8.44. The molecule has 2 atom stereocenters. The summed E-state index contributed by atoms with van der Waals surface area (Å²) >= 11 is 0. The maximum atomic E-state index is 4.95.